The summed E-state index contributed by atoms with van der Waals surface area (Å²) in [5.41, 5.74) is 1.76. The van der Waals surface area contributed by atoms with Crippen LogP contribution in [0.4, 0.5) is 0 Å². The van der Waals surface area contributed by atoms with Gasteiger partial charge < -0.3 is 4.52 Å². The third kappa shape index (κ3) is 2.40. The zero-order valence-corrected chi connectivity index (χ0v) is 15.6. The maximum absolute atomic E-state index is 13.6. The Labute approximate surface area is 152 Å². The van der Waals surface area contributed by atoms with Crippen LogP contribution < -0.4 is 9.83 Å². The zero-order chi connectivity index (χ0) is 16.9. The molecule has 0 N–H and O–H groups in total. The van der Waals surface area contributed by atoms with Gasteiger partial charge >= 0.3 is 0 Å². The van der Waals surface area contributed by atoms with Gasteiger partial charge in [-0.1, -0.05) is 36.4 Å². The van der Waals surface area contributed by atoms with Crippen LogP contribution in [0.25, 0.3) is 11.1 Å². The van der Waals surface area contributed by atoms with Gasteiger partial charge in [0.15, 0.2) is 0 Å². The molecule has 0 aliphatic carbocycles. The van der Waals surface area contributed by atoms with E-state index in [1.165, 1.54) is 0 Å². The molecule has 24 heavy (non-hydrogen) atoms. The van der Waals surface area contributed by atoms with E-state index in [9.17, 15) is 14.2 Å². The lowest BCUT2D eigenvalue weighted by Gasteiger charge is -2.29. The Kier molecular flexibility index (Phi) is 3.77. The van der Waals surface area contributed by atoms with E-state index in [4.69, 9.17) is 4.52 Å². The molecule has 122 valence electrons. The van der Waals surface area contributed by atoms with Crippen LogP contribution in [0.2, 0.25) is 0 Å². The van der Waals surface area contributed by atoms with Crippen molar-refractivity contribution in [3.8, 4) is 16.9 Å². The molecule has 0 radical (unpaired) electrons. The van der Waals surface area contributed by atoms with Crippen LogP contribution in [-0.4, -0.2) is 21.1 Å². The Balaban J connectivity index is 1.78. The molecule has 2 aromatic rings. The van der Waals surface area contributed by atoms with Gasteiger partial charge in [-0.25, -0.2) is 3.11 Å². The molecular weight excluding hydrogens is 440 g/mol. The number of hydrogen-bond donors (Lipinski definition) is 0. The normalized spacial score (nSPS) is 25.2. The van der Waals surface area contributed by atoms with Crippen molar-refractivity contribution in [2.45, 2.75) is 6.42 Å². The van der Waals surface area contributed by atoms with Gasteiger partial charge in [0.25, 0.3) is 7.37 Å². The Hall–Kier alpha value is -1.66. The van der Waals surface area contributed by atoms with Crippen LogP contribution in [0.1, 0.15) is 6.42 Å². The summed E-state index contributed by atoms with van der Waals surface area (Å²) in [5.74, 6) is -0.583. The highest BCUT2D eigenvalue weighted by Crippen LogP contribution is 2.56. The molecule has 2 aliphatic rings. The van der Waals surface area contributed by atoms with E-state index < -0.39 is 13.3 Å². The summed E-state index contributed by atoms with van der Waals surface area (Å²) >= 11 is 1.70. The lowest BCUT2D eigenvalue weighted by Crippen LogP contribution is -2.26. The molecule has 4 rings (SSSR count). The fraction of sp³-hybridized carbons (Fsp3) is 0.176. The third-order valence-electron chi connectivity index (χ3n) is 4.34. The van der Waals surface area contributed by atoms with Crippen molar-refractivity contribution < 1.29 is 18.7 Å². The van der Waals surface area contributed by atoms with E-state index in [0.717, 1.165) is 14.2 Å². The first kappa shape index (κ1) is 15.8. The summed E-state index contributed by atoms with van der Waals surface area (Å²) in [7, 11) is -3.28. The SMILES string of the molecule is O=C1CC(CP2(=O)Oc3ccccc3-c3ccccc32)C(=O)N1I. The van der Waals surface area contributed by atoms with Gasteiger partial charge in [0.1, 0.15) is 5.75 Å². The van der Waals surface area contributed by atoms with Crippen LogP contribution in [0, 0.1) is 5.92 Å². The summed E-state index contributed by atoms with van der Waals surface area (Å²) in [6.45, 7) is 0. The van der Waals surface area contributed by atoms with Crippen molar-refractivity contribution in [1.82, 2.24) is 3.11 Å². The molecule has 2 heterocycles. The van der Waals surface area contributed by atoms with Crippen molar-refractivity contribution >= 4 is 47.4 Å². The number of benzene rings is 2. The minimum Gasteiger partial charge on any atom is -0.439 e. The molecule has 0 bridgehead atoms. The van der Waals surface area contributed by atoms with Gasteiger partial charge in [-0.05, 0) is 17.7 Å². The Morgan fingerprint density at radius 2 is 1.75 bits per heavy atom. The summed E-state index contributed by atoms with van der Waals surface area (Å²) in [5, 5.41) is 0.621. The summed E-state index contributed by atoms with van der Waals surface area (Å²) in [6, 6.07) is 14.8. The maximum atomic E-state index is 13.6. The van der Waals surface area contributed by atoms with E-state index in [0.29, 0.717) is 11.1 Å². The first-order chi connectivity index (χ1) is 11.5. The number of para-hydroxylation sites is 1. The van der Waals surface area contributed by atoms with Gasteiger partial charge in [0, 0.05) is 12.0 Å². The van der Waals surface area contributed by atoms with Crippen molar-refractivity contribution in [1.29, 1.82) is 0 Å². The molecule has 2 atom stereocenters. The zero-order valence-electron chi connectivity index (χ0n) is 12.5. The molecule has 5 nitrogen and oxygen atoms in total. The fourth-order valence-corrected chi connectivity index (χ4v) is 6.38. The Morgan fingerprint density at radius 3 is 2.46 bits per heavy atom. The van der Waals surface area contributed by atoms with Crippen LogP contribution in [0.3, 0.4) is 0 Å². The Bertz CT molecular complexity index is 913. The molecule has 7 heteroatoms. The van der Waals surface area contributed by atoms with Gasteiger partial charge in [0.2, 0.25) is 11.8 Å². The highest BCUT2D eigenvalue weighted by atomic mass is 127. The van der Waals surface area contributed by atoms with Crippen LogP contribution in [0.5, 0.6) is 5.75 Å². The van der Waals surface area contributed by atoms with E-state index in [2.05, 4.69) is 0 Å². The molecule has 2 unspecified atom stereocenters. The second-order valence-electron chi connectivity index (χ2n) is 5.87. The fourth-order valence-electron chi connectivity index (χ4n) is 3.21. The molecular formula is C17H13INO4P. The molecule has 1 fully saturated rings. The van der Waals surface area contributed by atoms with Gasteiger partial charge in [0.05, 0.1) is 40.2 Å². The number of carbonyl (C=O) groups excluding carboxylic acids is 2. The smallest absolute Gasteiger partial charge is 0.278 e. The van der Waals surface area contributed by atoms with E-state index in [1.54, 1.807) is 35.0 Å². The van der Waals surface area contributed by atoms with Crippen LogP contribution in [0.15, 0.2) is 48.5 Å². The predicted octanol–water partition coefficient (Wildman–Crippen LogP) is 3.37. The number of imide groups is 1. The number of carbonyl (C=O) groups is 2. The van der Waals surface area contributed by atoms with Crippen molar-refractivity contribution in [2.75, 3.05) is 6.16 Å². The number of halogens is 1. The number of nitrogens with zero attached hydrogens (tertiary/aromatic N) is 1. The molecule has 2 aromatic carbocycles. The van der Waals surface area contributed by atoms with E-state index in [1.807, 2.05) is 36.4 Å². The van der Waals surface area contributed by atoms with Crippen molar-refractivity contribution in [3.63, 3.8) is 0 Å². The topological polar surface area (TPSA) is 63.7 Å². The minimum absolute atomic E-state index is 0.0441. The monoisotopic (exact) mass is 453 g/mol. The first-order valence-corrected chi connectivity index (χ1v) is 10.3. The highest BCUT2D eigenvalue weighted by molar-refractivity contribution is 14.1. The average molecular weight is 453 g/mol. The molecule has 0 saturated carbocycles. The molecule has 0 spiro atoms. The summed E-state index contributed by atoms with van der Waals surface area (Å²) in [4.78, 5) is 24.0. The van der Waals surface area contributed by atoms with E-state index in [-0.39, 0.29) is 24.4 Å². The van der Waals surface area contributed by atoms with Gasteiger partial charge in [-0.15, -0.1) is 0 Å². The quantitative estimate of drug-likeness (QED) is 0.303. The van der Waals surface area contributed by atoms with E-state index >= 15 is 0 Å². The lowest BCUT2D eigenvalue weighted by molar-refractivity contribution is -0.131. The molecule has 0 aromatic heterocycles. The van der Waals surface area contributed by atoms with Gasteiger partial charge in [-0.3, -0.25) is 14.2 Å². The Morgan fingerprint density at radius 1 is 1.08 bits per heavy atom. The van der Waals surface area contributed by atoms with Crippen molar-refractivity contribution in [2.24, 2.45) is 5.92 Å². The number of hydrogen-bond acceptors (Lipinski definition) is 4. The number of fused-ring (bicyclic) bond motifs is 3. The summed E-state index contributed by atoms with van der Waals surface area (Å²) in [6.07, 6.45) is 0.126. The predicted molar refractivity (Wildman–Crippen MR) is 98.6 cm³/mol. The molecule has 2 aliphatic heterocycles. The van der Waals surface area contributed by atoms with Gasteiger partial charge in [-0.2, -0.15) is 0 Å². The minimum atomic E-state index is -3.28. The largest absolute Gasteiger partial charge is 0.439 e. The third-order valence-corrected chi connectivity index (χ3v) is 7.89. The van der Waals surface area contributed by atoms with Crippen LogP contribution in [-0.2, 0) is 14.2 Å². The lowest BCUT2D eigenvalue weighted by atomic mass is 10.0. The van der Waals surface area contributed by atoms with Crippen LogP contribution >= 0.6 is 30.2 Å². The average Bonchev–Trinajstić information content (AvgIpc) is 2.82. The first-order valence-electron chi connectivity index (χ1n) is 7.50. The summed E-state index contributed by atoms with van der Waals surface area (Å²) < 4.78 is 20.6. The second-order valence-corrected chi connectivity index (χ2v) is 9.22. The maximum Gasteiger partial charge on any atom is 0.278 e. The molecule has 2 amide bonds. The molecule has 1 saturated heterocycles. The number of rotatable bonds is 2. The highest BCUT2D eigenvalue weighted by Gasteiger charge is 2.45. The second kappa shape index (κ2) is 5.70. The van der Waals surface area contributed by atoms with Crippen molar-refractivity contribution in [3.05, 3.63) is 48.5 Å². The number of amides is 2. The standard InChI is InChI=1S/C17H13INO4P/c18-19-16(20)9-11(17(19)21)10-24(22)15-8-4-2-6-13(15)12-5-1-3-7-14(12)23-24/h1-8,11H,9-10H2.